The van der Waals surface area contributed by atoms with Crippen LogP contribution in [0.15, 0.2) is 41.1 Å². The maximum absolute atomic E-state index is 5.76. The number of fused-ring (bicyclic) bond motifs is 1. The zero-order valence-corrected chi connectivity index (χ0v) is 9.69. The number of halogens is 1. The van der Waals surface area contributed by atoms with Crippen molar-refractivity contribution in [2.45, 2.75) is 6.54 Å². The molecule has 0 aliphatic rings. The molecule has 0 atom stereocenters. The molecule has 3 rings (SSSR count). The van der Waals surface area contributed by atoms with Crippen LogP contribution < -0.4 is 5.73 Å². The Morgan fingerprint density at radius 3 is 2.88 bits per heavy atom. The molecule has 0 spiro atoms. The molecule has 0 amide bonds. The molecule has 0 radical (unpaired) electrons. The summed E-state index contributed by atoms with van der Waals surface area (Å²) in [5.41, 5.74) is 7.65. The predicted octanol–water partition coefficient (Wildman–Crippen LogP) is 2.71. The Morgan fingerprint density at radius 2 is 2.18 bits per heavy atom. The Labute approximate surface area is 103 Å². The molecular weight excluding hydrogens is 238 g/mol. The van der Waals surface area contributed by atoms with Crippen LogP contribution in [0.2, 0.25) is 5.22 Å². The van der Waals surface area contributed by atoms with Gasteiger partial charge in [-0.1, -0.05) is 6.07 Å². The van der Waals surface area contributed by atoms with Crippen LogP contribution in [0, 0.1) is 0 Å². The van der Waals surface area contributed by atoms with Crippen LogP contribution in [0.1, 0.15) is 5.56 Å². The van der Waals surface area contributed by atoms with Crippen LogP contribution in [-0.2, 0) is 6.54 Å². The van der Waals surface area contributed by atoms with Gasteiger partial charge in [0, 0.05) is 12.7 Å². The molecule has 0 saturated carbocycles. The molecule has 0 aromatic carbocycles. The van der Waals surface area contributed by atoms with Crippen LogP contribution in [0.4, 0.5) is 0 Å². The second-order valence-corrected chi connectivity index (χ2v) is 4.09. The van der Waals surface area contributed by atoms with E-state index in [1.165, 1.54) is 0 Å². The largest absolute Gasteiger partial charge is 0.441 e. The van der Waals surface area contributed by atoms with E-state index < -0.39 is 0 Å². The van der Waals surface area contributed by atoms with Gasteiger partial charge in [0.1, 0.15) is 0 Å². The first-order valence-electron chi connectivity index (χ1n) is 5.19. The normalized spacial score (nSPS) is 11.2. The van der Waals surface area contributed by atoms with Crippen molar-refractivity contribution < 1.29 is 4.42 Å². The number of nitrogens with two attached hydrogens (primary N) is 1. The highest BCUT2D eigenvalue weighted by Gasteiger charge is 2.10. The molecule has 2 N–H and O–H groups in total. The number of hydrogen-bond donors (Lipinski definition) is 1. The van der Waals surface area contributed by atoms with E-state index >= 15 is 0 Å². The molecule has 0 aliphatic heterocycles. The van der Waals surface area contributed by atoms with E-state index in [1.54, 1.807) is 18.3 Å². The first-order chi connectivity index (χ1) is 8.28. The molecule has 3 aromatic rings. The molecule has 86 valence electrons. The third-order valence-corrected chi connectivity index (χ3v) is 2.82. The fourth-order valence-corrected chi connectivity index (χ4v) is 1.92. The number of pyridine rings is 1. The van der Waals surface area contributed by atoms with Gasteiger partial charge in [-0.25, -0.2) is 4.98 Å². The van der Waals surface area contributed by atoms with Crippen molar-refractivity contribution in [1.82, 2.24) is 9.38 Å². The topological polar surface area (TPSA) is 56.5 Å². The molecule has 0 fully saturated rings. The van der Waals surface area contributed by atoms with Gasteiger partial charge < -0.3 is 10.2 Å². The summed E-state index contributed by atoms with van der Waals surface area (Å²) in [7, 11) is 0. The summed E-state index contributed by atoms with van der Waals surface area (Å²) in [5.74, 6) is 1.37. The summed E-state index contributed by atoms with van der Waals surface area (Å²) in [6, 6.07) is 7.45. The van der Waals surface area contributed by atoms with Crippen molar-refractivity contribution in [3.8, 4) is 11.6 Å². The number of furan rings is 1. The fraction of sp³-hybridized carbons (Fsp3) is 0.0833. The number of rotatable bonds is 2. The summed E-state index contributed by atoms with van der Waals surface area (Å²) in [4.78, 5) is 4.32. The lowest BCUT2D eigenvalue weighted by atomic mass is 10.3. The predicted molar refractivity (Wildman–Crippen MR) is 65.8 cm³/mol. The quantitative estimate of drug-likeness (QED) is 0.758. The van der Waals surface area contributed by atoms with Crippen LogP contribution in [-0.4, -0.2) is 9.38 Å². The molecule has 17 heavy (non-hydrogen) atoms. The van der Waals surface area contributed by atoms with E-state index in [9.17, 15) is 0 Å². The van der Waals surface area contributed by atoms with E-state index in [-0.39, 0.29) is 0 Å². The van der Waals surface area contributed by atoms with Gasteiger partial charge in [-0.2, -0.15) is 0 Å². The minimum Gasteiger partial charge on any atom is -0.441 e. The summed E-state index contributed by atoms with van der Waals surface area (Å²) in [5, 5.41) is 0.353. The van der Waals surface area contributed by atoms with Crippen molar-refractivity contribution in [3.05, 3.63) is 47.4 Å². The van der Waals surface area contributed by atoms with E-state index in [4.69, 9.17) is 21.8 Å². The lowest BCUT2D eigenvalue weighted by molar-refractivity contribution is 0.579. The average molecular weight is 248 g/mol. The smallest absolute Gasteiger partial charge is 0.194 e. The van der Waals surface area contributed by atoms with Crippen molar-refractivity contribution >= 4 is 17.1 Å². The fourth-order valence-electron chi connectivity index (χ4n) is 1.77. The van der Waals surface area contributed by atoms with E-state index in [0.29, 0.717) is 17.5 Å². The first kappa shape index (κ1) is 10.4. The number of hydrogen-bond acceptors (Lipinski definition) is 3. The number of nitrogens with zero attached hydrogens (tertiary/aromatic N) is 2. The Hall–Kier alpha value is -1.78. The van der Waals surface area contributed by atoms with E-state index in [1.807, 2.05) is 22.7 Å². The number of imidazole rings is 1. The van der Waals surface area contributed by atoms with E-state index in [0.717, 1.165) is 16.9 Å². The molecule has 3 heterocycles. The minimum atomic E-state index is 0.353. The standard InChI is InChI=1S/C12H10ClN3O/c13-11-4-3-10(17-11)12-15-6-9-2-1-8(5-14)7-16(9)12/h1-4,6-7H,5,14H2. The van der Waals surface area contributed by atoms with Crippen LogP contribution in [0.5, 0.6) is 0 Å². The molecule has 4 nitrogen and oxygen atoms in total. The van der Waals surface area contributed by atoms with Crippen molar-refractivity contribution in [3.63, 3.8) is 0 Å². The highest BCUT2D eigenvalue weighted by molar-refractivity contribution is 6.28. The molecule has 0 bridgehead atoms. The minimum absolute atomic E-state index is 0.353. The van der Waals surface area contributed by atoms with Gasteiger partial charge in [0.25, 0.3) is 0 Å². The van der Waals surface area contributed by atoms with Gasteiger partial charge in [0.15, 0.2) is 16.8 Å². The molecule has 0 unspecified atom stereocenters. The van der Waals surface area contributed by atoms with E-state index in [2.05, 4.69) is 4.98 Å². The Morgan fingerprint density at radius 1 is 1.29 bits per heavy atom. The Bertz CT molecular complexity index is 671. The first-order valence-corrected chi connectivity index (χ1v) is 5.57. The molecule has 3 aromatic heterocycles. The SMILES string of the molecule is NCc1ccc2cnc(-c3ccc(Cl)o3)n2c1. The highest BCUT2D eigenvalue weighted by Crippen LogP contribution is 2.24. The average Bonchev–Trinajstić information content (AvgIpc) is 2.93. The molecule has 0 saturated heterocycles. The van der Waals surface area contributed by atoms with Crippen LogP contribution in [0.3, 0.4) is 0 Å². The third-order valence-electron chi connectivity index (χ3n) is 2.62. The molecular formula is C12H10ClN3O. The van der Waals surface area contributed by atoms with Gasteiger partial charge in [-0.15, -0.1) is 0 Å². The highest BCUT2D eigenvalue weighted by atomic mass is 35.5. The van der Waals surface area contributed by atoms with Gasteiger partial charge in [0.2, 0.25) is 0 Å². The maximum atomic E-state index is 5.76. The monoisotopic (exact) mass is 247 g/mol. The van der Waals surface area contributed by atoms with Gasteiger partial charge in [0.05, 0.1) is 11.7 Å². The zero-order chi connectivity index (χ0) is 11.8. The molecule has 0 aliphatic carbocycles. The summed E-state index contributed by atoms with van der Waals surface area (Å²) >= 11 is 5.76. The summed E-state index contributed by atoms with van der Waals surface area (Å²) in [6.45, 7) is 0.493. The number of aromatic nitrogens is 2. The third kappa shape index (κ3) is 1.71. The zero-order valence-electron chi connectivity index (χ0n) is 8.93. The van der Waals surface area contributed by atoms with Crippen molar-refractivity contribution in [1.29, 1.82) is 0 Å². The lowest BCUT2D eigenvalue weighted by Crippen LogP contribution is -1.98. The van der Waals surface area contributed by atoms with Gasteiger partial charge >= 0.3 is 0 Å². The molecule has 5 heteroatoms. The van der Waals surface area contributed by atoms with Crippen molar-refractivity contribution in [2.75, 3.05) is 0 Å². The second kappa shape index (κ2) is 3.91. The summed E-state index contributed by atoms with van der Waals surface area (Å²) < 4.78 is 7.30. The Kier molecular flexibility index (Phi) is 2.39. The van der Waals surface area contributed by atoms with Crippen LogP contribution >= 0.6 is 11.6 Å². The lowest BCUT2D eigenvalue weighted by Gasteiger charge is -2.01. The maximum Gasteiger partial charge on any atom is 0.194 e. The van der Waals surface area contributed by atoms with Gasteiger partial charge in [-0.05, 0) is 35.4 Å². The van der Waals surface area contributed by atoms with Gasteiger partial charge in [-0.3, -0.25) is 4.40 Å². The summed E-state index contributed by atoms with van der Waals surface area (Å²) in [6.07, 6.45) is 3.74. The Balaban J connectivity index is 2.22. The second-order valence-electron chi connectivity index (χ2n) is 3.72. The van der Waals surface area contributed by atoms with Crippen molar-refractivity contribution in [2.24, 2.45) is 5.73 Å². The van der Waals surface area contributed by atoms with Crippen LogP contribution in [0.25, 0.3) is 17.1 Å².